The van der Waals surface area contributed by atoms with E-state index in [1.165, 1.54) is 11.2 Å². The Labute approximate surface area is 210 Å². The number of fused-ring (bicyclic) bond motifs is 1. The van der Waals surface area contributed by atoms with Crippen molar-refractivity contribution in [2.45, 2.75) is 25.6 Å². The number of nitrogens with one attached hydrogen (secondary N) is 2. The van der Waals surface area contributed by atoms with E-state index < -0.39 is 18.5 Å². The van der Waals surface area contributed by atoms with E-state index in [0.29, 0.717) is 24.9 Å². The maximum Gasteiger partial charge on any atom is 0.397 e. The zero-order valence-electron chi connectivity index (χ0n) is 20.0. The number of benzene rings is 1. The molecule has 0 bridgehead atoms. The monoisotopic (exact) mass is 510 g/mol. The Kier molecular flexibility index (Phi) is 6.74. The number of anilines is 2. The number of pyridine rings is 1. The number of carbonyl (C=O) groups excluding carboxylic acids is 1. The van der Waals surface area contributed by atoms with Gasteiger partial charge in [0.1, 0.15) is 18.6 Å². The second-order valence-corrected chi connectivity index (χ2v) is 8.90. The predicted molar refractivity (Wildman–Crippen MR) is 132 cm³/mol. The first-order valence-electron chi connectivity index (χ1n) is 11.8. The van der Waals surface area contributed by atoms with Gasteiger partial charge < -0.3 is 15.2 Å². The lowest BCUT2D eigenvalue weighted by molar-refractivity contribution is -0.162. The topological polar surface area (TPSA) is 103 Å². The molecule has 1 amide bonds. The Morgan fingerprint density at radius 1 is 1.08 bits per heavy atom. The molecular formula is C25H25F3N8O. The van der Waals surface area contributed by atoms with E-state index in [1.807, 2.05) is 43.3 Å². The SMILES string of the molecule is C[C@@H](c1ccnc(Nc2nc3ccc(-c4ccncn4)cc3[nH]2)c1)N1CCN(C(=O)CC(F)(F)F)CC1. The molecule has 4 heterocycles. The van der Waals surface area contributed by atoms with Crippen molar-refractivity contribution >= 4 is 28.7 Å². The van der Waals surface area contributed by atoms with Gasteiger partial charge >= 0.3 is 6.18 Å². The predicted octanol–water partition coefficient (Wildman–Crippen LogP) is 4.32. The third kappa shape index (κ3) is 5.85. The number of aromatic amines is 1. The van der Waals surface area contributed by atoms with Gasteiger partial charge in [-0.3, -0.25) is 9.69 Å². The molecule has 3 aromatic heterocycles. The van der Waals surface area contributed by atoms with Crippen molar-refractivity contribution < 1.29 is 18.0 Å². The molecule has 1 aliphatic heterocycles. The number of alkyl halides is 3. The van der Waals surface area contributed by atoms with E-state index in [4.69, 9.17) is 0 Å². The molecule has 9 nitrogen and oxygen atoms in total. The van der Waals surface area contributed by atoms with Crippen LogP contribution in [0.5, 0.6) is 0 Å². The smallest absolute Gasteiger partial charge is 0.340 e. The number of nitrogens with zero attached hydrogens (tertiary/aromatic N) is 6. The second kappa shape index (κ2) is 10.1. The average molecular weight is 511 g/mol. The largest absolute Gasteiger partial charge is 0.397 e. The fourth-order valence-electron chi connectivity index (χ4n) is 4.44. The van der Waals surface area contributed by atoms with Crippen LogP contribution in [-0.4, -0.2) is 73.0 Å². The highest BCUT2D eigenvalue weighted by Gasteiger charge is 2.35. The average Bonchev–Trinajstić information content (AvgIpc) is 3.29. The number of amides is 1. The highest BCUT2D eigenvalue weighted by Crippen LogP contribution is 2.27. The fourth-order valence-corrected chi connectivity index (χ4v) is 4.44. The van der Waals surface area contributed by atoms with Crippen LogP contribution in [0.2, 0.25) is 0 Å². The summed E-state index contributed by atoms with van der Waals surface area (Å²) in [5.41, 5.74) is 4.40. The highest BCUT2D eigenvalue weighted by molar-refractivity contribution is 5.83. The number of hydrogen-bond donors (Lipinski definition) is 2. The Hall–Kier alpha value is -4.06. The quantitative estimate of drug-likeness (QED) is 0.398. The summed E-state index contributed by atoms with van der Waals surface area (Å²) >= 11 is 0. The van der Waals surface area contributed by atoms with Gasteiger partial charge in [0.05, 0.1) is 16.7 Å². The van der Waals surface area contributed by atoms with Gasteiger partial charge in [-0.2, -0.15) is 13.2 Å². The molecule has 1 aromatic carbocycles. The standard InChI is InChI=1S/C25H25F3N8O/c1-16(35-8-10-36(11-9-35)23(37)14-25(26,27)28)17-4-7-30-22(13-17)34-24-32-20-3-2-18(12-21(20)33-24)19-5-6-29-15-31-19/h2-7,12-13,15-16H,8-11,14H2,1H3,(H2,30,32,33,34)/t16-/m0/s1. The number of H-pyrrole nitrogens is 1. The van der Waals surface area contributed by atoms with Gasteiger partial charge in [-0.25, -0.2) is 19.9 Å². The molecular weight excluding hydrogens is 485 g/mol. The zero-order valence-corrected chi connectivity index (χ0v) is 20.0. The number of carbonyl (C=O) groups is 1. The Bertz CT molecular complexity index is 1380. The van der Waals surface area contributed by atoms with Gasteiger partial charge in [0, 0.05) is 50.2 Å². The van der Waals surface area contributed by atoms with E-state index in [2.05, 4.69) is 35.1 Å². The first kappa shape index (κ1) is 24.6. The van der Waals surface area contributed by atoms with Crippen molar-refractivity contribution in [2.75, 3.05) is 31.5 Å². The van der Waals surface area contributed by atoms with Gasteiger partial charge in [0.25, 0.3) is 0 Å². The lowest BCUT2D eigenvalue weighted by Gasteiger charge is -2.38. The van der Waals surface area contributed by atoms with Gasteiger partial charge in [-0.15, -0.1) is 0 Å². The maximum atomic E-state index is 12.5. The number of imidazole rings is 1. The van der Waals surface area contributed by atoms with Gasteiger partial charge in [0.2, 0.25) is 11.9 Å². The van der Waals surface area contributed by atoms with Crippen molar-refractivity contribution in [3.63, 3.8) is 0 Å². The third-order valence-electron chi connectivity index (χ3n) is 6.44. The Balaban J connectivity index is 1.24. The zero-order chi connectivity index (χ0) is 26.0. The molecule has 37 heavy (non-hydrogen) atoms. The van der Waals surface area contributed by atoms with Crippen molar-refractivity contribution in [1.82, 2.24) is 34.7 Å². The van der Waals surface area contributed by atoms with Crippen LogP contribution in [0.4, 0.5) is 24.9 Å². The number of piperazine rings is 1. The number of hydrogen-bond acceptors (Lipinski definition) is 7. The first-order chi connectivity index (χ1) is 17.7. The molecule has 4 aromatic rings. The summed E-state index contributed by atoms with van der Waals surface area (Å²) in [6.07, 6.45) is -0.994. The summed E-state index contributed by atoms with van der Waals surface area (Å²) in [6.45, 7) is 3.56. The molecule has 5 rings (SSSR count). The minimum atomic E-state index is -4.49. The minimum Gasteiger partial charge on any atom is -0.340 e. The number of aromatic nitrogens is 5. The summed E-state index contributed by atoms with van der Waals surface area (Å²) in [5, 5.41) is 3.21. The van der Waals surface area contributed by atoms with Crippen LogP contribution >= 0.6 is 0 Å². The minimum absolute atomic E-state index is 0.00508. The highest BCUT2D eigenvalue weighted by atomic mass is 19.4. The van der Waals surface area contributed by atoms with E-state index >= 15 is 0 Å². The van der Waals surface area contributed by atoms with Gasteiger partial charge in [-0.05, 0) is 42.8 Å². The molecule has 0 saturated carbocycles. The van der Waals surface area contributed by atoms with Crippen molar-refractivity contribution in [3.8, 4) is 11.3 Å². The molecule has 1 fully saturated rings. The molecule has 0 aliphatic carbocycles. The molecule has 1 aliphatic rings. The normalized spacial score (nSPS) is 15.6. The molecule has 0 unspecified atom stereocenters. The van der Waals surface area contributed by atoms with Crippen LogP contribution in [0.3, 0.4) is 0 Å². The summed E-state index contributed by atoms with van der Waals surface area (Å²) < 4.78 is 37.6. The van der Waals surface area contributed by atoms with Crippen molar-refractivity contribution in [3.05, 3.63) is 60.7 Å². The maximum absolute atomic E-state index is 12.5. The first-order valence-corrected chi connectivity index (χ1v) is 11.8. The van der Waals surface area contributed by atoms with E-state index in [-0.39, 0.29) is 19.1 Å². The summed E-state index contributed by atoms with van der Waals surface area (Å²) in [6, 6.07) is 11.5. The van der Waals surface area contributed by atoms with E-state index in [1.54, 1.807) is 12.4 Å². The molecule has 2 N–H and O–H groups in total. The van der Waals surface area contributed by atoms with Crippen LogP contribution in [0.15, 0.2) is 55.1 Å². The summed E-state index contributed by atoms with van der Waals surface area (Å²) in [5.74, 6) is 0.285. The van der Waals surface area contributed by atoms with Crippen LogP contribution in [0.25, 0.3) is 22.3 Å². The number of halogens is 3. The Morgan fingerprint density at radius 3 is 2.62 bits per heavy atom. The molecule has 0 radical (unpaired) electrons. The van der Waals surface area contributed by atoms with Gasteiger partial charge in [0.15, 0.2) is 0 Å². The third-order valence-corrected chi connectivity index (χ3v) is 6.44. The van der Waals surface area contributed by atoms with Crippen molar-refractivity contribution in [1.29, 1.82) is 0 Å². The lowest BCUT2D eigenvalue weighted by atomic mass is 10.1. The fraction of sp³-hybridized carbons (Fsp3) is 0.320. The number of rotatable bonds is 6. The second-order valence-electron chi connectivity index (χ2n) is 8.90. The van der Waals surface area contributed by atoms with Crippen LogP contribution in [0, 0.1) is 0 Å². The molecule has 0 spiro atoms. The van der Waals surface area contributed by atoms with Crippen molar-refractivity contribution in [2.24, 2.45) is 0 Å². The van der Waals surface area contributed by atoms with Gasteiger partial charge in [-0.1, -0.05) is 6.07 Å². The lowest BCUT2D eigenvalue weighted by Crippen LogP contribution is -2.50. The van der Waals surface area contributed by atoms with Crippen LogP contribution < -0.4 is 5.32 Å². The molecule has 1 atom stereocenters. The Morgan fingerprint density at radius 2 is 1.89 bits per heavy atom. The molecule has 12 heteroatoms. The van der Waals surface area contributed by atoms with Crippen LogP contribution in [0.1, 0.15) is 24.9 Å². The van der Waals surface area contributed by atoms with Crippen LogP contribution in [-0.2, 0) is 4.79 Å². The molecule has 192 valence electrons. The summed E-state index contributed by atoms with van der Waals surface area (Å²) in [7, 11) is 0. The van der Waals surface area contributed by atoms with E-state index in [9.17, 15) is 18.0 Å². The molecule has 1 saturated heterocycles. The summed E-state index contributed by atoms with van der Waals surface area (Å²) in [4.78, 5) is 35.8. The van der Waals surface area contributed by atoms with E-state index in [0.717, 1.165) is 27.9 Å².